The molecular formula is C15H18N2O5S. The molecule has 1 aliphatic carbocycles. The predicted molar refractivity (Wildman–Crippen MR) is 81.0 cm³/mol. The van der Waals surface area contributed by atoms with Crippen LogP contribution in [-0.2, 0) is 26.0 Å². The molecule has 1 saturated heterocycles. The summed E-state index contributed by atoms with van der Waals surface area (Å²) in [6.07, 6.45) is 2.04. The summed E-state index contributed by atoms with van der Waals surface area (Å²) in [6.45, 7) is 0.586. The van der Waals surface area contributed by atoms with Crippen LogP contribution < -0.4 is 0 Å². The van der Waals surface area contributed by atoms with Crippen LogP contribution in [0.15, 0.2) is 29.2 Å². The van der Waals surface area contributed by atoms with Gasteiger partial charge in [0.15, 0.2) is 0 Å². The molecule has 124 valence electrons. The van der Waals surface area contributed by atoms with Crippen molar-refractivity contribution in [3.63, 3.8) is 0 Å². The molecule has 1 heterocycles. The highest BCUT2D eigenvalue weighted by Crippen LogP contribution is 2.31. The van der Waals surface area contributed by atoms with Crippen molar-refractivity contribution in [2.75, 3.05) is 19.8 Å². The number of hydrogen-bond acceptors (Lipinski definition) is 4. The summed E-state index contributed by atoms with van der Waals surface area (Å²) >= 11 is 0. The lowest BCUT2D eigenvalue weighted by Gasteiger charge is -2.18. The smallest absolute Gasteiger partial charge is 0.307 e. The molecule has 0 bridgehead atoms. The Kier molecular flexibility index (Phi) is 4.11. The molecule has 8 heteroatoms. The van der Waals surface area contributed by atoms with Crippen LogP contribution in [0.2, 0.25) is 0 Å². The first kappa shape index (κ1) is 15.9. The molecular weight excluding hydrogens is 320 g/mol. The van der Waals surface area contributed by atoms with Gasteiger partial charge in [-0.15, -0.1) is 0 Å². The zero-order valence-electron chi connectivity index (χ0n) is 12.5. The molecule has 1 N–H and O–H groups in total. The number of carboxylic acid groups (broad SMARTS) is 1. The van der Waals surface area contributed by atoms with E-state index >= 15 is 0 Å². The fourth-order valence-corrected chi connectivity index (χ4v) is 3.96. The third-order valence-electron chi connectivity index (χ3n) is 4.08. The summed E-state index contributed by atoms with van der Waals surface area (Å²) in [5.41, 5.74) is 0.532. The lowest BCUT2D eigenvalue weighted by molar-refractivity contribution is -0.136. The monoisotopic (exact) mass is 338 g/mol. The van der Waals surface area contributed by atoms with Gasteiger partial charge in [0.1, 0.15) is 0 Å². The van der Waals surface area contributed by atoms with Crippen molar-refractivity contribution >= 4 is 21.9 Å². The molecule has 1 aliphatic heterocycles. The van der Waals surface area contributed by atoms with E-state index in [-0.39, 0.29) is 30.4 Å². The van der Waals surface area contributed by atoms with Crippen LogP contribution >= 0.6 is 0 Å². The molecule has 1 aromatic carbocycles. The van der Waals surface area contributed by atoms with Crippen molar-refractivity contribution in [2.45, 2.75) is 24.2 Å². The highest BCUT2D eigenvalue weighted by molar-refractivity contribution is 7.89. The Hall–Kier alpha value is -1.93. The number of sulfonamides is 1. The van der Waals surface area contributed by atoms with E-state index in [1.165, 1.54) is 28.6 Å². The number of hydrogen-bond donors (Lipinski definition) is 1. The molecule has 0 aromatic heterocycles. The Morgan fingerprint density at radius 2 is 1.87 bits per heavy atom. The first-order valence-corrected chi connectivity index (χ1v) is 8.89. The summed E-state index contributed by atoms with van der Waals surface area (Å²) in [4.78, 5) is 24.3. The second-order valence-corrected chi connectivity index (χ2v) is 7.97. The number of benzene rings is 1. The van der Waals surface area contributed by atoms with Crippen LogP contribution in [0, 0.1) is 5.92 Å². The van der Waals surface area contributed by atoms with Gasteiger partial charge < -0.3 is 10.0 Å². The first-order valence-electron chi connectivity index (χ1n) is 7.45. The molecule has 1 aromatic rings. The van der Waals surface area contributed by atoms with E-state index < -0.39 is 16.0 Å². The molecule has 1 amide bonds. The molecule has 1 saturated carbocycles. The lowest BCUT2D eigenvalue weighted by Crippen LogP contribution is -2.32. The number of nitrogens with zero attached hydrogens (tertiary/aromatic N) is 2. The lowest BCUT2D eigenvalue weighted by atomic mass is 10.2. The van der Waals surface area contributed by atoms with E-state index in [2.05, 4.69) is 0 Å². The summed E-state index contributed by atoms with van der Waals surface area (Å²) in [5.74, 6) is -0.624. The van der Waals surface area contributed by atoms with Gasteiger partial charge in [0, 0.05) is 6.54 Å². The van der Waals surface area contributed by atoms with Gasteiger partial charge in [-0.1, -0.05) is 12.1 Å². The fraction of sp³-hybridized carbons (Fsp3) is 0.467. The molecule has 2 aliphatic rings. The van der Waals surface area contributed by atoms with Gasteiger partial charge in [0.25, 0.3) is 0 Å². The van der Waals surface area contributed by atoms with Crippen LogP contribution in [0.1, 0.15) is 18.4 Å². The van der Waals surface area contributed by atoms with Gasteiger partial charge in [-0.25, -0.2) is 8.42 Å². The summed E-state index contributed by atoms with van der Waals surface area (Å²) in [7, 11) is -3.74. The maximum atomic E-state index is 12.6. The average Bonchev–Trinajstić information content (AvgIpc) is 3.22. The summed E-state index contributed by atoms with van der Waals surface area (Å²) in [5, 5.41) is 8.73. The Morgan fingerprint density at radius 3 is 2.43 bits per heavy atom. The minimum absolute atomic E-state index is 0.0766. The zero-order chi connectivity index (χ0) is 16.6. The predicted octanol–water partition coefficient (Wildman–Crippen LogP) is 0.514. The summed E-state index contributed by atoms with van der Waals surface area (Å²) in [6, 6.07) is 5.75. The van der Waals surface area contributed by atoms with E-state index in [1.807, 2.05) is 0 Å². The fourth-order valence-electron chi connectivity index (χ4n) is 2.61. The Morgan fingerprint density at radius 1 is 1.22 bits per heavy atom. The maximum absolute atomic E-state index is 12.6. The van der Waals surface area contributed by atoms with Crippen molar-refractivity contribution in [3.8, 4) is 0 Å². The van der Waals surface area contributed by atoms with Gasteiger partial charge >= 0.3 is 5.97 Å². The second kappa shape index (κ2) is 5.93. The first-order chi connectivity index (χ1) is 10.9. The molecule has 0 spiro atoms. The van der Waals surface area contributed by atoms with E-state index in [0.717, 1.165) is 12.8 Å². The van der Waals surface area contributed by atoms with E-state index in [9.17, 15) is 18.0 Å². The summed E-state index contributed by atoms with van der Waals surface area (Å²) < 4.78 is 26.4. The quantitative estimate of drug-likeness (QED) is 0.816. The van der Waals surface area contributed by atoms with Crippen LogP contribution in [0.25, 0.3) is 0 Å². The third kappa shape index (κ3) is 3.53. The van der Waals surface area contributed by atoms with Crippen LogP contribution in [0.3, 0.4) is 0 Å². The number of carbonyl (C=O) groups is 2. The minimum Gasteiger partial charge on any atom is -0.481 e. The number of aliphatic carboxylic acids is 1. The van der Waals surface area contributed by atoms with Crippen LogP contribution in [0.5, 0.6) is 0 Å². The number of rotatable bonds is 6. The van der Waals surface area contributed by atoms with Gasteiger partial charge in [-0.05, 0) is 36.5 Å². The largest absolute Gasteiger partial charge is 0.481 e. The van der Waals surface area contributed by atoms with Crippen LogP contribution in [-0.4, -0.2) is 54.4 Å². The highest BCUT2D eigenvalue weighted by atomic mass is 32.2. The second-order valence-electron chi connectivity index (χ2n) is 6.03. The van der Waals surface area contributed by atoms with Gasteiger partial charge in [0.05, 0.1) is 24.5 Å². The standard InChI is InChI=1S/C15H18N2O5S/c18-14-9-17(10-16(14)8-12-1-2-12)23(21,22)13-5-3-11(4-6-13)7-15(19)20/h3-6,12H,1-2,7-10H2,(H,19,20). The Balaban J connectivity index is 1.73. The third-order valence-corrected chi connectivity index (χ3v) is 5.88. The van der Waals surface area contributed by atoms with E-state index in [1.54, 1.807) is 4.90 Å². The number of carbonyl (C=O) groups excluding carboxylic acids is 1. The minimum atomic E-state index is -3.74. The average molecular weight is 338 g/mol. The molecule has 3 rings (SSSR count). The SMILES string of the molecule is O=C(O)Cc1ccc(S(=O)(=O)N2CC(=O)N(CC3CC3)C2)cc1. The molecule has 0 radical (unpaired) electrons. The molecule has 23 heavy (non-hydrogen) atoms. The highest BCUT2D eigenvalue weighted by Gasteiger charge is 2.38. The van der Waals surface area contributed by atoms with E-state index in [0.29, 0.717) is 18.0 Å². The number of carboxylic acids is 1. The Bertz CT molecular complexity index is 725. The molecule has 2 fully saturated rings. The van der Waals surface area contributed by atoms with Gasteiger partial charge in [-0.2, -0.15) is 4.31 Å². The Labute approximate surface area is 134 Å². The van der Waals surface area contributed by atoms with Crippen molar-refractivity contribution in [1.29, 1.82) is 0 Å². The van der Waals surface area contributed by atoms with E-state index in [4.69, 9.17) is 5.11 Å². The molecule has 0 atom stereocenters. The van der Waals surface area contributed by atoms with Gasteiger partial charge in [-0.3, -0.25) is 9.59 Å². The normalized spacial score (nSPS) is 19.3. The van der Waals surface area contributed by atoms with Crippen molar-refractivity contribution < 1.29 is 23.1 Å². The number of amides is 1. The van der Waals surface area contributed by atoms with Crippen LogP contribution in [0.4, 0.5) is 0 Å². The van der Waals surface area contributed by atoms with Gasteiger partial charge in [0.2, 0.25) is 15.9 Å². The molecule has 0 unspecified atom stereocenters. The maximum Gasteiger partial charge on any atom is 0.307 e. The van der Waals surface area contributed by atoms with Crippen molar-refractivity contribution in [3.05, 3.63) is 29.8 Å². The van der Waals surface area contributed by atoms with Crippen molar-refractivity contribution in [2.24, 2.45) is 5.92 Å². The molecule has 7 nitrogen and oxygen atoms in total. The van der Waals surface area contributed by atoms with Crippen molar-refractivity contribution in [1.82, 2.24) is 9.21 Å². The topological polar surface area (TPSA) is 95.0 Å². The zero-order valence-corrected chi connectivity index (χ0v) is 13.3.